The molecule has 8 heteroatoms. The van der Waals surface area contributed by atoms with Crippen LogP contribution in [-0.4, -0.2) is 49.9 Å². The van der Waals surface area contributed by atoms with Gasteiger partial charge >= 0.3 is 11.7 Å². The van der Waals surface area contributed by atoms with Crippen molar-refractivity contribution < 1.29 is 24.3 Å². The second kappa shape index (κ2) is 7.29. The Kier molecular flexibility index (Phi) is 5.73. The minimum Gasteiger partial charge on any atom is -0.490 e. The molecule has 0 fully saturated rings. The van der Waals surface area contributed by atoms with Crippen LogP contribution in [0, 0.1) is 10.1 Å². The van der Waals surface area contributed by atoms with Crippen LogP contribution in [0.15, 0.2) is 18.2 Å². The monoisotopic (exact) mass is 284 g/mol. The summed E-state index contributed by atoms with van der Waals surface area (Å²) in [5, 5.41) is 19.7. The number of methoxy groups -OCH3 is 2. The highest BCUT2D eigenvalue weighted by molar-refractivity contribution is 5.74. The smallest absolute Gasteiger partial charge is 0.323 e. The molecule has 20 heavy (non-hydrogen) atoms. The maximum Gasteiger partial charge on any atom is 0.323 e. The SMILES string of the molecule is COCCN(CC(=O)O)c1ccc([N+](=O)[O-])c(OC)c1. The van der Waals surface area contributed by atoms with Crippen LogP contribution >= 0.6 is 0 Å². The maximum absolute atomic E-state index is 10.9. The highest BCUT2D eigenvalue weighted by atomic mass is 16.6. The van der Waals surface area contributed by atoms with Gasteiger partial charge in [0.15, 0.2) is 5.75 Å². The van der Waals surface area contributed by atoms with Crippen molar-refractivity contribution in [3.8, 4) is 5.75 Å². The predicted octanol–water partition coefficient (Wildman–Crippen LogP) is 1.14. The van der Waals surface area contributed by atoms with Crippen molar-refractivity contribution in [3.05, 3.63) is 28.3 Å². The number of benzene rings is 1. The maximum atomic E-state index is 10.9. The van der Waals surface area contributed by atoms with Crippen LogP contribution in [0.25, 0.3) is 0 Å². The van der Waals surface area contributed by atoms with Gasteiger partial charge in [0, 0.05) is 31.5 Å². The number of ether oxygens (including phenoxy) is 2. The van der Waals surface area contributed by atoms with Gasteiger partial charge in [0.2, 0.25) is 0 Å². The van der Waals surface area contributed by atoms with Gasteiger partial charge in [-0.3, -0.25) is 14.9 Å². The van der Waals surface area contributed by atoms with Crippen molar-refractivity contribution in [1.82, 2.24) is 0 Å². The third-order valence-electron chi connectivity index (χ3n) is 2.62. The molecule has 0 atom stereocenters. The molecule has 110 valence electrons. The van der Waals surface area contributed by atoms with Crippen LogP contribution in [0.3, 0.4) is 0 Å². The van der Waals surface area contributed by atoms with Crippen LogP contribution in [0.5, 0.6) is 5.75 Å². The number of hydrogen-bond donors (Lipinski definition) is 1. The zero-order valence-corrected chi connectivity index (χ0v) is 11.2. The van der Waals surface area contributed by atoms with E-state index >= 15 is 0 Å². The molecule has 0 spiro atoms. The zero-order valence-electron chi connectivity index (χ0n) is 11.2. The van der Waals surface area contributed by atoms with Crippen LogP contribution in [-0.2, 0) is 9.53 Å². The molecule has 0 saturated heterocycles. The molecule has 1 aromatic carbocycles. The number of nitro groups is 1. The summed E-state index contributed by atoms with van der Waals surface area (Å²) in [6, 6.07) is 4.21. The molecule has 0 aliphatic heterocycles. The van der Waals surface area contributed by atoms with Crippen molar-refractivity contribution in [2.75, 3.05) is 38.8 Å². The number of nitro benzene ring substituents is 1. The quantitative estimate of drug-likeness (QED) is 0.564. The van der Waals surface area contributed by atoms with Gasteiger partial charge in [0.05, 0.1) is 18.6 Å². The number of rotatable bonds is 8. The van der Waals surface area contributed by atoms with Crippen LogP contribution < -0.4 is 9.64 Å². The Balaban J connectivity index is 3.06. The second-order valence-corrected chi connectivity index (χ2v) is 3.92. The average molecular weight is 284 g/mol. The highest BCUT2D eigenvalue weighted by Gasteiger charge is 2.18. The van der Waals surface area contributed by atoms with Gasteiger partial charge in [-0.05, 0) is 6.07 Å². The minimum atomic E-state index is -1.00. The summed E-state index contributed by atoms with van der Waals surface area (Å²) in [7, 11) is 2.83. The standard InChI is InChI=1S/C12H16N2O6/c1-19-6-5-13(8-12(15)16)9-3-4-10(14(17)18)11(7-9)20-2/h3-4,7H,5-6,8H2,1-2H3,(H,15,16). The lowest BCUT2D eigenvalue weighted by molar-refractivity contribution is -0.385. The van der Waals surface area contributed by atoms with E-state index in [1.165, 1.54) is 37.3 Å². The zero-order chi connectivity index (χ0) is 15.1. The fourth-order valence-electron chi connectivity index (χ4n) is 1.68. The highest BCUT2D eigenvalue weighted by Crippen LogP contribution is 2.31. The van der Waals surface area contributed by atoms with Gasteiger partial charge in [-0.2, -0.15) is 0 Å². The molecule has 8 nitrogen and oxygen atoms in total. The fraction of sp³-hybridized carbons (Fsp3) is 0.417. The third kappa shape index (κ3) is 4.09. The van der Waals surface area contributed by atoms with Gasteiger partial charge in [0.1, 0.15) is 6.54 Å². The first-order valence-electron chi connectivity index (χ1n) is 5.77. The summed E-state index contributed by atoms with van der Waals surface area (Å²) in [6.45, 7) is 0.459. The van der Waals surface area contributed by atoms with Gasteiger partial charge in [-0.15, -0.1) is 0 Å². The fourth-order valence-corrected chi connectivity index (χ4v) is 1.68. The van der Waals surface area contributed by atoms with Gasteiger partial charge < -0.3 is 19.5 Å². The first kappa shape index (κ1) is 15.7. The Labute approximate surface area is 115 Å². The first-order valence-corrected chi connectivity index (χ1v) is 5.77. The van der Waals surface area contributed by atoms with E-state index in [2.05, 4.69) is 0 Å². The molecule has 0 aliphatic rings. The van der Waals surface area contributed by atoms with E-state index in [-0.39, 0.29) is 18.0 Å². The molecular weight excluding hydrogens is 268 g/mol. The van der Waals surface area contributed by atoms with E-state index in [4.69, 9.17) is 14.6 Å². The number of carbonyl (C=O) groups is 1. The topological polar surface area (TPSA) is 102 Å². The molecule has 0 heterocycles. The lowest BCUT2D eigenvalue weighted by Crippen LogP contribution is -2.32. The molecule has 0 amide bonds. The summed E-state index contributed by atoms with van der Waals surface area (Å²) in [5.74, 6) is -0.918. The van der Waals surface area contributed by atoms with E-state index in [1.54, 1.807) is 0 Å². The molecule has 0 aromatic heterocycles. The summed E-state index contributed by atoms with van der Waals surface area (Å²) in [4.78, 5) is 22.6. The molecule has 0 aliphatic carbocycles. The number of nitrogens with zero attached hydrogens (tertiary/aromatic N) is 2. The molecule has 0 unspecified atom stereocenters. The van der Waals surface area contributed by atoms with Crippen molar-refractivity contribution in [2.45, 2.75) is 0 Å². The summed E-state index contributed by atoms with van der Waals surface area (Å²) < 4.78 is 9.88. The first-order chi connectivity index (χ1) is 9.49. The van der Waals surface area contributed by atoms with E-state index in [1.807, 2.05) is 0 Å². The van der Waals surface area contributed by atoms with Crippen LogP contribution in [0.2, 0.25) is 0 Å². The largest absolute Gasteiger partial charge is 0.490 e. The molecule has 0 radical (unpaired) electrons. The minimum absolute atomic E-state index is 0.0836. The number of aliphatic carboxylic acids is 1. The Morgan fingerprint density at radius 3 is 2.65 bits per heavy atom. The van der Waals surface area contributed by atoms with Gasteiger partial charge in [-0.1, -0.05) is 0 Å². The molecule has 1 rings (SSSR count). The number of carboxylic acid groups (broad SMARTS) is 1. The third-order valence-corrected chi connectivity index (χ3v) is 2.62. The average Bonchev–Trinajstić information content (AvgIpc) is 2.42. The van der Waals surface area contributed by atoms with E-state index in [9.17, 15) is 14.9 Å². The Morgan fingerprint density at radius 2 is 2.15 bits per heavy atom. The summed E-state index contributed by atoms with van der Waals surface area (Å²) in [5.41, 5.74) is 0.352. The summed E-state index contributed by atoms with van der Waals surface area (Å²) >= 11 is 0. The van der Waals surface area contributed by atoms with Crippen molar-refractivity contribution in [2.24, 2.45) is 0 Å². The van der Waals surface area contributed by atoms with Crippen LogP contribution in [0.4, 0.5) is 11.4 Å². The van der Waals surface area contributed by atoms with Crippen molar-refractivity contribution in [3.63, 3.8) is 0 Å². The molecule has 0 saturated carbocycles. The van der Waals surface area contributed by atoms with Gasteiger partial charge in [-0.25, -0.2) is 0 Å². The number of carboxylic acids is 1. The lowest BCUT2D eigenvalue weighted by Gasteiger charge is -2.22. The molecule has 1 aromatic rings. The van der Waals surface area contributed by atoms with Crippen molar-refractivity contribution >= 4 is 17.3 Å². The molecular formula is C12H16N2O6. The normalized spacial score (nSPS) is 10.1. The van der Waals surface area contributed by atoms with Crippen LogP contribution in [0.1, 0.15) is 0 Å². The molecule has 1 N–H and O–H groups in total. The second-order valence-electron chi connectivity index (χ2n) is 3.92. The molecule has 0 bridgehead atoms. The number of anilines is 1. The van der Waals surface area contributed by atoms with E-state index < -0.39 is 10.9 Å². The number of hydrogen-bond acceptors (Lipinski definition) is 6. The van der Waals surface area contributed by atoms with E-state index in [0.29, 0.717) is 18.8 Å². The summed E-state index contributed by atoms with van der Waals surface area (Å²) in [6.07, 6.45) is 0. The Hall–Kier alpha value is -2.35. The Morgan fingerprint density at radius 1 is 1.45 bits per heavy atom. The van der Waals surface area contributed by atoms with Crippen molar-refractivity contribution in [1.29, 1.82) is 0 Å². The van der Waals surface area contributed by atoms with Gasteiger partial charge in [0.25, 0.3) is 0 Å². The Bertz CT molecular complexity index is 491. The lowest BCUT2D eigenvalue weighted by atomic mass is 10.2. The predicted molar refractivity (Wildman–Crippen MR) is 71.4 cm³/mol. The van der Waals surface area contributed by atoms with E-state index in [0.717, 1.165) is 0 Å².